The molecule has 0 rings (SSSR count). The summed E-state index contributed by atoms with van der Waals surface area (Å²) in [6, 6.07) is 0. The third-order valence-corrected chi connectivity index (χ3v) is 0. The number of hydrogen-bond acceptors (Lipinski definition) is 2. The van der Waals surface area contributed by atoms with Gasteiger partial charge in [-0.3, -0.25) is 10.5 Å². The van der Waals surface area contributed by atoms with Gasteiger partial charge in [-0.15, -0.1) is 0 Å². The second kappa shape index (κ2) is 52.2. The van der Waals surface area contributed by atoms with E-state index in [0.717, 1.165) is 0 Å². The molecule has 2 nitrogen and oxygen atoms in total. The predicted octanol–water partition coefficient (Wildman–Crippen LogP) is -2.98. The van der Waals surface area contributed by atoms with Crippen LogP contribution in [0.1, 0.15) is 0 Å². The number of halogens is 1. The van der Waals surface area contributed by atoms with Crippen LogP contribution in [0.3, 0.4) is 0 Å². The van der Waals surface area contributed by atoms with Crippen LogP contribution < -0.4 is 12.4 Å². The summed E-state index contributed by atoms with van der Waals surface area (Å²) in [6.45, 7) is 0. The minimum atomic E-state index is 0. The SMILES string of the molecule is OO.[Cl-].[Fe]. The first-order valence-corrected chi connectivity index (χ1v) is 0.200. The van der Waals surface area contributed by atoms with Gasteiger partial charge in [0.05, 0.1) is 0 Å². The van der Waals surface area contributed by atoms with E-state index < -0.39 is 0 Å². The summed E-state index contributed by atoms with van der Waals surface area (Å²) < 4.78 is 0. The number of hydrogen-bond donors (Lipinski definition) is 2. The minimum absolute atomic E-state index is 0. The normalized spacial score (nSPS) is 1.50. The van der Waals surface area contributed by atoms with Gasteiger partial charge in [0.1, 0.15) is 0 Å². The van der Waals surface area contributed by atoms with E-state index in [9.17, 15) is 0 Å². The third-order valence-electron chi connectivity index (χ3n) is 0. The third kappa shape index (κ3) is 15.3. The van der Waals surface area contributed by atoms with Crippen molar-refractivity contribution in [2.24, 2.45) is 0 Å². The van der Waals surface area contributed by atoms with E-state index in [1.54, 1.807) is 0 Å². The quantitative estimate of drug-likeness (QED) is 0.206. The Hall–Kier alpha value is 0.729. The maximum atomic E-state index is 6.00. The fourth-order valence-corrected chi connectivity index (χ4v) is 0. The molecule has 0 saturated heterocycles. The molecule has 0 saturated carbocycles. The molecule has 0 amide bonds. The van der Waals surface area contributed by atoms with Gasteiger partial charge in [0.25, 0.3) is 0 Å². The van der Waals surface area contributed by atoms with Gasteiger partial charge in [-0.1, -0.05) is 0 Å². The first-order valence-electron chi connectivity index (χ1n) is 0.200. The number of rotatable bonds is 0. The molecule has 0 heterocycles. The molecule has 30 valence electrons. The molecule has 0 fully saturated rings. The minimum Gasteiger partial charge on any atom is -1.00 e. The molecule has 0 bridgehead atoms. The van der Waals surface area contributed by atoms with Crippen molar-refractivity contribution < 1.29 is 40.0 Å². The fraction of sp³-hybridized carbons (Fsp3) is 0. The Morgan fingerprint density at radius 3 is 1.00 bits per heavy atom. The summed E-state index contributed by atoms with van der Waals surface area (Å²) in [5.74, 6) is 0. The predicted molar refractivity (Wildman–Crippen MR) is 5.26 cm³/mol. The molecule has 2 N–H and O–H groups in total. The molecule has 0 aromatic carbocycles. The summed E-state index contributed by atoms with van der Waals surface area (Å²) in [4.78, 5) is 0. The van der Waals surface area contributed by atoms with Crippen LogP contribution in [-0.2, 0) is 17.1 Å². The molecular formula is H2ClFeO2-. The van der Waals surface area contributed by atoms with Crippen molar-refractivity contribution in [3.05, 3.63) is 0 Å². The second-order valence-electron chi connectivity index (χ2n) is 0. The Morgan fingerprint density at radius 2 is 1.00 bits per heavy atom. The second-order valence-corrected chi connectivity index (χ2v) is 0. The van der Waals surface area contributed by atoms with Gasteiger partial charge in [-0.2, -0.15) is 0 Å². The van der Waals surface area contributed by atoms with E-state index in [4.69, 9.17) is 10.5 Å². The zero-order valence-electron chi connectivity index (χ0n) is 1.63. The van der Waals surface area contributed by atoms with Crippen LogP contribution in [0.4, 0.5) is 0 Å². The molecular weight excluding hydrogens is 123 g/mol. The zero-order chi connectivity index (χ0) is 2.00. The van der Waals surface area contributed by atoms with Crippen LogP contribution in [0.5, 0.6) is 0 Å². The maximum absolute atomic E-state index is 6.00. The fourth-order valence-electron chi connectivity index (χ4n) is 0. The van der Waals surface area contributed by atoms with E-state index in [2.05, 4.69) is 0 Å². The zero-order valence-corrected chi connectivity index (χ0v) is 3.49. The first kappa shape index (κ1) is 22.0. The molecule has 0 radical (unpaired) electrons. The van der Waals surface area contributed by atoms with Gasteiger partial charge in [0, 0.05) is 17.1 Å². The summed E-state index contributed by atoms with van der Waals surface area (Å²) in [6.07, 6.45) is 0. The average molecular weight is 125 g/mol. The first-order chi connectivity index (χ1) is 1.00. The average Bonchev–Trinajstić information content (AvgIpc) is 1.00. The van der Waals surface area contributed by atoms with Gasteiger partial charge < -0.3 is 12.4 Å². The summed E-state index contributed by atoms with van der Waals surface area (Å²) in [7, 11) is 0. The van der Waals surface area contributed by atoms with E-state index in [-0.39, 0.29) is 29.5 Å². The van der Waals surface area contributed by atoms with Crippen LogP contribution >= 0.6 is 0 Å². The van der Waals surface area contributed by atoms with Crippen LogP contribution in [0.25, 0.3) is 0 Å². The summed E-state index contributed by atoms with van der Waals surface area (Å²) in [5, 5.41) is 12.0. The molecule has 0 atom stereocenters. The van der Waals surface area contributed by atoms with Crippen molar-refractivity contribution in [1.29, 1.82) is 0 Å². The van der Waals surface area contributed by atoms with Crippen molar-refractivity contribution in [3.63, 3.8) is 0 Å². The van der Waals surface area contributed by atoms with E-state index >= 15 is 0 Å². The Bertz CT molecular complexity index is 6.00. The van der Waals surface area contributed by atoms with Gasteiger partial charge >= 0.3 is 0 Å². The molecule has 4 heteroatoms. The standard InChI is InChI=1S/ClH.Fe.H2O2/c;;1-2/h1H;;1-2H/p-1. The van der Waals surface area contributed by atoms with Crippen LogP contribution in [-0.4, -0.2) is 10.5 Å². The van der Waals surface area contributed by atoms with Crippen molar-refractivity contribution in [2.45, 2.75) is 0 Å². The maximum Gasteiger partial charge on any atom is 0 e. The van der Waals surface area contributed by atoms with E-state index in [0.29, 0.717) is 0 Å². The largest absolute Gasteiger partial charge is 1.00 e. The van der Waals surface area contributed by atoms with Gasteiger partial charge in [0.2, 0.25) is 0 Å². The summed E-state index contributed by atoms with van der Waals surface area (Å²) in [5.41, 5.74) is 0. The van der Waals surface area contributed by atoms with Crippen molar-refractivity contribution in [3.8, 4) is 0 Å². The van der Waals surface area contributed by atoms with Crippen LogP contribution in [0, 0.1) is 0 Å². The Kier molecular flexibility index (Phi) is 287. The Labute approximate surface area is 40.6 Å². The smallest absolute Gasteiger partial charge is 0 e. The summed E-state index contributed by atoms with van der Waals surface area (Å²) >= 11 is 0. The van der Waals surface area contributed by atoms with Gasteiger partial charge in [0.15, 0.2) is 0 Å². The van der Waals surface area contributed by atoms with Crippen molar-refractivity contribution in [2.75, 3.05) is 0 Å². The molecule has 0 unspecified atom stereocenters. The Morgan fingerprint density at radius 1 is 1.00 bits per heavy atom. The van der Waals surface area contributed by atoms with E-state index in [1.807, 2.05) is 0 Å². The van der Waals surface area contributed by atoms with Crippen molar-refractivity contribution in [1.82, 2.24) is 0 Å². The van der Waals surface area contributed by atoms with E-state index in [1.165, 1.54) is 0 Å². The topological polar surface area (TPSA) is 40.5 Å². The van der Waals surface area contributed by atoms with Crippen molar-refractivity contribution >= 4 is 0 Å². The monoisotopic (exact) mass is 125 g/mol. The molecule has 0 aromatic heterocycles. The molecule has 0 aliphatic carbocycles. The van der Waals surface area contributed by atoms with Crippen LogP contribution in [0.15, 0.2) is 0 Å². The van der Waals surface area contributed by atoms with Gasteiger partial charge in [-0.25, -0.2) is 0 Å². The molecule has 0 spiro atoms. The van der Waals surface area contributed by atoms with Gasteiger partial charge in [-0.05, 0) is 0 Å². The Balaban J connectivity index is -0.00000000500. The molecule has 0 aliphatic rings. The molecule has 0 aliphatic heterocycles. The molecule has 0 aromatic rings. The molecule has 4 heavy (non-hydrogen) atoms. The van der Waals surface area contributed by atoms with Crippen LogP contribution in [0.2, 0.25) is 0 Å².